The fraction of sp³-hybridized carbons (Fsp3) is 0.500. The van der Waals surface area contributed by atoms with Crippen LogP contribution in [0.2, 0.25) is 0 Å². The summed E-state index contributed by atoms with van der Waals surface area (Å²) in [6, 6.07) is 0. The van der Waals surface area contributed by atoms with Crippen LogP contribution in [0.3, 0.4) is 0 Å². The normalized spacial score (nSPS) is 18.5. The average Bonchev–Trinajstić information content (AvgIpc) is 3.67. The molecule has 1 aliphatic heterocycles. The van der Waals surface area contributed by atoms with Gasteiger partial charge in [0.1, 0.15) is 5.82 Å². The monoisotopic (exact) mass is 458 g/mol. The van der Waals surface area contributed by atoms with Crippen LogP contribution in [0.25, 0.3) is 16.5 Å². The number of allylic oxidation sites excluding steroid dienone is 4. The third-order valence-corrected chi connectivity index (χ3v) is 7.23. The van der Waals surface area contributed by atoms with Gasteiger partial charge in [0.05, 0.1) is 11.7 Å². The molecule has 0 amide bonds. The van der Waals surface area contributed by atoms with Gasteiger partial charge in [-0.25, -0.2) is 9.97 Å². The fourth-order valence-corrected chi connectivity index (χ4v) is 4.83. The van der Waals surface area contributed by atoms with Crippen molar-refractivity contribution in [2.45, 2.75) is 60.3 Å². The van der Waals surface area contributed by atoms with Crippen LogP contribution in [0.15, 0.2) is 47.4 Å². The predicted molar refractivity (Wildman–Crippen MR) is 144 cm³/mol. The third kappa shape index (κ3) is 4.69. The highest BCUT2D eigenvalue weighted by atomic mass is 15.2. The fourth-order valence-electron chi connectivity index (χ4n) is 4.83. The summed E-state index contributed by atoms with van der Waals surface area (Å²) in [5.74, 6) is 2.37. The maximum absolute atomic E-state index is 5.25. The molecule has 2 aliphatic rings. The molecule has 6 nitrogen and oxygen atoms in total. The van der Waals surface area contributed by atoms with E-state index in [9.17, 15) is 0 Å². The largest absolute Gasteiger partial charge is 0.353 e. The number of piperazine rings is 1. The van der Waals surface area contributed by atoms with Crippen LogP contribution in [-0.4, -0.2) is 46.8 Å². The van der Waals surface area contributed by atoms with Crippen molar-refractivity contribution in [1.82, 2.24) is 20.3 Å². The maximum Gasteiger partial charge on any atom is 0.158 e. The van der Waals surface area contributed by atoms with Crippen molar-refractivity contribution >= 4 is 28.0 Å². The van der Waals surface area contributed by atoms with Crippen LogP contribution in [-0.2, 0) is 0 Å². The van der Waals surface area contributed by atoms with Gasteiger partial charge in [-0.1, -0.05) is 32.1 Å². The molecule has 2 aromatic heterocycles. The second-order valence-corrected chi connectivity index (χ2v) is 10.1. The van der Waals surface area contributed by atoms with Gasteiger partial charge in [-0.2, -0.15) is 0 Å². The van der Waals surface area contributed by atoms with E-state index >= 15 is 0 Å². The molecule has 6 heteroatoms. The first-order valence-electron chi connectivity index (χ1n) is 12.4. The number of fused-ring (bicyclic) bond motifs is 1. The summed E-state index contributed by atoms with van der Waals surface area (Å²) in [6.45, 7) is 20.7. The number of pyridine rings is 1. The summed E-state index contributed by atoms with van der Waals surface area (Å²) < 4.78 is 0. The second-order valence-electron chi connectivity index (χ2n) is 10.1. The Morgan fingerprint density at radius 3 is 2.47 bits per heavy atom. The van der Waals surface area contributed by atoms with Crippen molar-refractivity contribution in [2.75, 3.05) is 31.1 Å². The first kappa shape index (κ1) is 24.3. The molecule has 3 heterocycles. The Hall–Kier alpha value is -2.86. The maximum atomic E-state index is 5.25. The first-order chi connectivity index (χ1) is 16.3. The van der Waals surface area contributed by atoms with E-state index < -0.39 is 0 Å². The Kier molecular flexibility index (Phi) is 6.99. The van der Waals surface area contributed by atoms with Gasteiger partial charge in [0.25, 0.3) is 0 Å². The van der Waals surface area contributed by atoms with Gasteiger partial charge in [0.2, 0.25) is 0 Å². The van der Waals surface area contributed by atoms with Crippen LogP contribution in [0.5, 0.6) is 0 Å². The van der Waals surface area contributed by atoms with Crippen molar-refractivity contribution in [3.8, 4) is 0 Å². The lowest BCUT2D eigenvalue weighted by Crippen LogP contribution is -2.44. The Bertz CT molecular complexity index is 1180. The molecular weight excluding hydrogens is 420 g/mol. The highest BCUT2D eigenvalue weighted by molar-refractivity contribution is 6.06. The number of aliphatic imine (C=N–C) groups is 1. The minimum atomic E-state index is -0.277. The molecule has 0 bridgehead atoms. The summed E-state index contributed by atoms with van der Waals surface area (Å²) in [7, 11) is 0. The molecule has 1 aliphatic carbocycles. The van der Waals surface area contributed by atoms with Crippen LogP contribution in [0, 0.1) is 5.41 Å². The van der Waals surface area contributed by atoms with Gasteiger partial charge in [0, 0.05) is 55.1 Å². The summed E-state index contributed by atoms with van der Waals surface area (Å²) in [5.41, 5.74) is 6.15. The molecule has 0 spiro atoms. The third-order valence-electron chi connectivity index (χ3n) is 7.23. The Balaban J connectivity index is 1.98. The lowest BCUT2D eigenvalue weighted by Gasteiger charge is -2.32. The highest BCUT2D eigenvalue weighted by Crippen LogP contribution is 2.45. The van der Waals surface area contributed by atoms with E-state index in [0.29, 0.717) is 5.92 Å². The van der Waals surface area contributed by atoms with E-state index in [4.69, 9.17) is 15.0 Å². The lowest BCUT2D eigenvalue weighted by molar-refractivity contribution is 0.562. The number of aromatic nitrogens is 3. The SMILES string of the molecule is C=C(C)C(C)(C)C(/C(C)=N\C=C/C)=C(/C)c1nc(N2CCNCC2)c2c(C3CC3)cncc2n1. The highest BCUT2D eigenvalue weighted by Gasteiger charge is 2.32. The van der Waals surface area contributed by atoms with Crippen molar-refractivity contribution < 1.29 is 0 Å². The number of rotatable bonds is 7. The molecule has 1 saturated heterocycles. The molecule has 0 aromatic carbocycles. The zero-order chi connectivity index (χ0) is 24.5. The molecular formula is C28H38N6. The molecule has 34 heavy (non-hydrogen) atoms. The topological polar surface area (TPSA) is 66.3 Å². The molecule has 2 fully saturated rings. The minimum Gasteiger partial charge on any atom is -0.353 e. The van der Waals surface area contributed by atoms with Gasteiger partial charge in [0.15, 0.2) is 5.82 Å². The van der Waals surface area contributed by atoms with E-state index in [1.54, 1.807) is 0 Å². The van der Waals surface area contributed by atoms with E-state index in [1.807, 2.05) is 31.6 Å². The van der Waals surface area contributed by atoms with Crippen molar-refractivity contribution in [3.05, 3.63) is 53.8 Å². The average molecular weight is 459 g/mol. The summed E-state index contributed by atoms with van der Waals surface area (Å²) in [5, 5.41) is 4.64. The quantitative estimate of drug-likeness (QED) is 0.427. The molecule has 4 rings (SSSR count). The van der Waals surface area contributed by atoms with Gasteiger partial charge >= 0.3 is 0 Å². The standard InChI is InChI=1S/C28H38N6/c1-8-11-31-20(5)25(28(6,7)18(2)3)19(4)26-32-23-17-30-16-22(21-9-10-21)24(23)27(33-26)34-14-12-29-13-15-34/h8,11,16-17,21,29H,2,9-10,12-15H2,1,3-7H3/b11-8-,25-19-,31-20-. The van der Waals surface area contributed by atoms with Gasteiger partial charge in [-0.15, -0.1) is 0 Å². The van der Waals surface area contributed by atoms with E-state index in [-0.39, 0.29) is 5.41 Å². The Labute approximate surface area is 204 Å². The molecule has 1 saturated carbocycles. The van der Waals surface area contributed by atoms with Gasteiger partial charge in [-0.3, -0.25) is 9.98 Å². The predicted octanol–water partition coefficient (Wildman–Crippen LogP) is 5.68. The van der Waals surface area contributed by atoms with E-state index in [0.717, 1.165) is 65.8 Å². The first-order valence-corrected chi connectivity index (χ1v) is 12.4. The van der Waals surface area contributed by atoms with Crippen LogP contribution in [0.4, 0.5) is 5.82 Å². The lowest BCUT2D eigenvalue weighted by atomic mass is 9.74. The number of anilines is 1. The Morgan fingerprint density at radius 1 is 1.15 bits per heavy atom. The minimum absolute atomic E-state index is 0.277. The summed E-state index contributed by atoms with van der Waals surface area (Å²) in [4.78, 5) is 22.0. The zero-order valence-electron chi connectivity index (χ0n) is 21.6. The molecule has 2 aromatic rings. The van der Waals surface area contributed by atoms with Gasteiger partial charge < -0.3 is 10.2 Å². The van der Waals surface area contributed by atoms with Crippen molar-refractivity contribution in [1.29, 1.82) is 0 Å². The molecule has 1 N–H and O–H groups in total. The number of hydrogen-bond acceptors (Lipinski definition) is 6. The number of hydrogen-bond donors (Lipinski definition) is 1. The smallest absolute Gasteiger partial charge is 0.158 e. The number of nitrogens with one attached hydrogen (secondary N) is 1. The second kappa shape index (κ2) is 9.79. The molecule has 180 valence electrons. The van der Waals surface area contributed by atoms with E-state index in [2.05, 4.69) is 56.4 Å². The zero-order valence-corrected chi connectivity index (χ0v) is 21.6. The Morgan fingerprint density at radius 2 is 1.85 bits per heavy atom. The molecule has 0 unspecified atom stereocenters. The van der Waals surface area contributed by atoms with Crippen LogP contribution < -0.4 is 10.2 Å². The van der Waals surface area contributed by atoms with Crippen molar-refractivity contribution in [2.24, 2.45) is 10.4 Å². The summed E-state index contributed by atoms with van der Waals surface area (Å²) >= 11 is 0. The van der Waals surface area contributed by atoms with E-state index in [1.165, 1.54) is 23.8 Å². The summed E-state index contributed by atoms with van der Waals surface area (Å²) in [6.07, 6.45) is 10.2. The molecule has 0 atom stereocenters. The molecule has 0 radical (unpaired) electrons. The van der Waals surface area contributed by atoms with Crippen LogP contribution in [0.1, 0.15) is 71.7 Å². The number of nitrogens with zero attached hydrogens (tertiary/aromatic N) is 5. The van der Waals surface area contributed by atoms with Crippen LogP contribution >= 0.6 is 0 Å². The van der Waals surface area contributed by atoms with Gasteiger partial charge in [-0.05, 0) is 63.2 Å². The van der Waals surface area contributed by atoms with Crippen molar-refractivity contribution in [3.63, 3.8) is 0 Å².